The Morgan fingerprint density at radius 2 is 2.03 bits per heavy atom. The second-order valence-electron chi connectivity index (χ2n) is 8.58. The van der Waals surface area contributed by atoms with Crippen LogP contribution in [-0.4, -0.2) is 60.0 Å². The summed E-state index contributed by atoms with van der Waals surface area (Å²) in [5, 5.41) is 3.16. The van der Waals surface area contributed by atoms with E-state index in [0.717, 1.165) is 87.7 Å². The highest BCUT2D eigenvalue weighted by molar-refractivity contribution is 5.78. The topological polar surface area (TPSA) is 61.6 Å². The van der Waals surface area contributed by atoms with Crippen molar-refractivity contribution < 1.29 is 9.21 Å². The minimum Gasteiger partial charge on any atom is -0.441 e. The third kappa shape index (κ3) is 6.40. The number of aromatic nitrogens is 1. The highest BCUT2D eigenvalue weighted by atomic mass is 16.4. The van der Waals surface area contributed by atoms with Crippen LogP contribution in [0.2, 0.25) is 0 Å². The number of aryl methyl sites for hydroxylation is 2. The lowest BCUT2D eigenvalue weighted by Gasteiger charge is -2.31. The maximum Gasteiger partial charge on any atom is 0.226 e. The predicted molar refractivity (Wildman–Crippen MR) is 125 cm³/mol. The molecule has 0 bridgehead atoms. The second kappa shape index (κ2) is 11.4. The number of rotatable bonds is 10. The lowest BCUT2D eigenvalue weighted by atomic mass is 9.97. The Morgan fingerprint density at radius 1 is 1.26 bits per heavy atom. The summed E-state index contributed by atoms with van der Waals surface area (Å²) in [5.41, 5.74) is 3.17. The van der Waals surface area contributed by atoms with E-state index in [2.05, 4.69) is 42.0 Å². The van der Waals surface area contributed by atoms with Crippen molar-refractivity contribution in [3.63, 3.8) is 0 Å². The van der Waals surface area contributed by atoms with Gasteiger partial charge >= 0.3 is 0 Å². The molecule has 2 aromatic rings. The molecular formula is C25H38N4O2. The van der Waals surface area contributed by atoms with Gasteiger partial charge in [0.1, 0.15) is 5.76 Å². The fourth-order valence-electron chi connectivity index (χ4n) is 4.33. The van der Waals surface area contributed by atoms with Crippen LogP contribution in [0.4, 0.5) is 0 Å². The molecule has 1 unspecified atom stereocenters. The summed E-state index contributed by atoms with van der Waals surface area (Å²) < 4.78 is 5.98. The summed E-state index contributed by atoms with van der Waals surface area (Å²) in [6.07, 6.45) is 3.01. The third-order valence-corrected chi connectivity index (χ3v) is 6.36. The molecule has 1 saturated heterocycles. The summed E-state index contributed by atoms with van der Waals surface area (Å²) in [6.45, 7) is 14.9. The summed E-state index contributed by atoms with van der Waals surface area (Å²) in [4.78, 5) is 22.2. The van der Waals surface area contributed by atoms with Crippen molar-refractivity contribution >= 4 is 5.91 Å². The number of nitrogens with zero attached hydrogens (tertiary/aromatic N) is 3. The first-order valence-electron chi connectivity index (χ1n) is 11.8. The van der Waals surface area contributed by atoms with Gasteiger partial charge in [-0.15, -0.1) is 0 Å². The van der Waals surface area contributed by atoms with Crippen LogP contribution in [0.5, 0.6) is 0 Å². The Labute approximate surface area is 187 Å². The maximum atomic E-state index is 12.7. The Bertz CT molecular complexity index is 844. The number of carbonyl (C=O) groups is 1. The van der Waals surface area contributed by atoms with Gasteiger partial charge in [0.2, 0.25) is 11.8 Å². The molecule has 6 nitrogen and oxygen atoms in total. The maximum absolute atomic E-state index is 12.7. The minimum absolute atomic E-state index is 0.0604. The van der Waals surface area contributed by atoms with Crippen LogP contribution >= 0.6 is 0 Å². The van der Waals surface area contributed by atoms with E-state index in [1.165, 1.54) is 0 Å². The van der Waals surface area contributed by atoms with E-state index in [1.54, 1.807) is 0 Å². The highest BCUT2D eigenvalue weighted by Crippen LogP contribution is 2.26. The molecule has 0 saturated carbocycles. The van der Waals surface area contributed by atoms with Crippen LogP contribution in [0.25, 0.3) is 11.5 Å². The molecular weight excluding hydrogens is 388 g/mol. The lowest BCUT2D eigenvalue weighted by molar-refractivity contribution is -0.126. The summed E-state index contributed by atoms with van der Waals surface area (Å²) in [5.74, 6) is 1.80. The normalized spacial score (nSPS) is 17.3. The molecule has 6 heteroatoms. The monoisotopic (exact) mass is 426 g/mol. The number of benzene rings is 1. The van der Waals surface area contributed by atoms with E-state index < -0.39 is 0 Å². The summed E-state index contributed by atoms with van der Waals surface area (Å²) >= 11 is 0. The number of oxazole rings is 1. The zero-order chi connectivity index (χ0) is 22.2. The van der Waals surface area contributed by atoms with E-state index in [9.17, 15) is 4.79 Å². The van der Waals surface area contributed by atoms with Crippen molar-refractivity contribution in [2.75, 3.05) is 39.3 Å². The van der Waals surface area contributed by atoms with E-state index in [1.807, 2.05) is 25.1 Å². The number of hydrogen-bond acceptors (Lipinski definition) is 5. The van der Waals surface area contributed by atoms with Gasteiger partial charge in [-0.3, -0.25) is 9.69 Å². The van der Waals surface area contributed by atoms with Crippen molar-refractivity contribution in [2.45, 2.75) is 53.5 Å². The molecule has 1 aliphatic rings. The van der Waals surface area contributed by atoms with Crippen molar-refractivity contribution in [1.82, 2.24) is 20.1 Å². The van der Waals surface area contributed by atoms with Gasteiger partial charge in [0.25, 0.3) is 0 Å². The predicted octanol–water partition coefficient (Wildman–Crippen LogP) is 4.02. The molecule has 1 aromatic heterocycles. The lowest BCUT2D eigenvalue weighted by Crippen LogP contribution is -2.43. The van der Waals surface area contributed by atoms with Crippen LogP contribution in [-0.2, 0) is 11.3 Å². The first kappa shape index (κ1) is 23.5. The Kier molecular flexibility index (Phi) is 8.67. The van der Waals surface area contributed by atoms with E-state index in [4.69, 9.17) is 9.40 Å². The molecule has 1 fully saturated rings. The van der Waals surface area contributed by atoms with Crippen molar-refractivity contribution in [3.05, 3.63) is 41.3 Å². The average Bonchev–Trinajstić information content (AvgIpc) is 3.14. The number of carbonyl (C=O) groups excluding carboxylic acids is 1. The minimum atomic E-state index is 0.0604. The number of nitrogens with one attached hydrogen (secondary N) is 1. The van der Waals surface area contributed by atoms with Crippen LogP contribution in [0.1, 0.15) is 50.1 Å². The molecule has 0 spiro atoms. The molecule has 1 amide bonds. The fourth-order valence-corrected chi connectivity index (χ4v) is 4.33. The molecule has 1 N–H and O–H groups in total. The number of likely N-dealkylation sites (tertiary alicyclic amines) is 1. The van der Waals surface area contributed by atoms with Crippen LogP contribution in [0.3, 0.4) is 0 Å². The van der Waals surface area contributed by atoms with Crippen molar-refractivity contribution in [3.8, 4) is 11.5 Å². The number of amides is 1. The first-order valence-corrected chi connectivity index (χ1v) is 11.8. The zero-order valence-electron chi connectivity index (χ0n) is 19.6. The fraction of sp³-hybridized carbons (Fsp3) is 0.600. The molecule has 0 aliphatic carbocycles. The van der Waals surface area contributed by atoms with Gasteiger partial charge in [-0.05, 0) is 70.9 Å². The molecule has 2 heterocycles. The molecule has 3 rings (SSSR count). The van der Waals surface area contributed by atoms with Gasteiger partial charge in [-0.2, -0.15) is 0 Å². The molecule has 170 valence electrons. The second-order valence-corrected chi connectivity index (χ2v) is 8.58. The Balaban J connectivity index is 1.52. The number of hydrogen-bond donors (Lipinski definition) is 1. The van der Waals surface area contributed by atoms with Gasteiger partial charge in [0, 0.05) is 25.2 Å². The standard InChI is InChI=1S/C25H38N4O2/c1-5-28(6-2)16-10-14-26-24(30)21-12-9-15-29(17-21)18-23-20(4)31-25(27-23)22-13-8-7-11-19(22)3/h7-8,11,13,21H,5-6,9-10,12,14-18H2,1-4H3,(H,26,30). The van der Waals surface area contributed by atoms with Crippen LogP contribution in [0, 0.1) is 19.8 Å². The van der Waals surface area contributed by atoms with Gasteiger partial charge in [0.05, 0.1) is 11.6 Å². The zero-order valence-corrected chi connectivity index (χ0v) is 19.6. The van der Waals surface area contributed by atoms with Gasteiger partial charge in [-0.1, -0.05) is 32.0 Å². The molecule has 31 heavy (non-hydrogen) atoms. The largest absolute Gasteiger partial charge is 0.441 e. The smallest absolute Gasteiger partial charge is 0.226 e. The SMILES string of the molecule is CCN(CC)CCCNC(=O)C1CCCN(Cc2nc(-c3ccccc3C)oc2C)C1. The van der Waals surface area contributed by atoms with Gasteiger partial charge < -0.3 is 14.6 Å². The van der Waals surface area contributed by atoms with E-state index >= 15 is 0 Å². The molecule has 1 aliphatic heterocycles. The molecule has 0 radical (unpaired) electrons. The highest BCUT2D eigenvalue weighted by Gasteiger charge is 2.27. The van der Waals surface area contributed by atoms with E-state index in [-0.39, 0.29) is 11.8 Å². The molecule has 1 aromatic carbocycles. The van der Waals surface area contributed by atoms with Gasteiger partial charge in [0.15, 0.2) is 0 Å². The third-order valence-electron chi connectivity index (χ3n) is 6.36. The van der Waals surface area contributed by atoms with Crippen molar-refractivity contribution in [1.29, 1.82) is 0 Å². The quantitative estimate of drug-likeness (QED) is 0.582. The Hall–Kier alpha value is -2.18. The Morgan fingerprint density at radius 3 is 2.77 bits per heavy atom. The number of piperidine rings is 1. The summed E-state index contributed by atoms with van der Waals surface area (Å²) in [7, 11) is 0. The average molecular weight is 427 g/mol. The van der Waals surface area contributed by atoms with E-state index in [0.29, 0.717) is 5.89 Å². The van der Waals surface area contributed by atoms with Crippen LogP contribution in [0.15, 0.2) is 28.7 Å². The van der Waals surface area contributed by atoms with Crippen LogP contribution < -0.4 is 5.32 Å². The molecule has 1 atom stereocenters. The summed E-state index contributed by atoms with van der Waals surface area (Å²) in [6, 6.07) is 8.16. The van der Waals surface area contributed by atoms with Crippen molar-refractivity contribution in [2.24, 2.45) is 5.92 Å². The van der Waals surface area contributed by atoms with Gasteiger partial charge in [-0.25, -0.2) is 4.98 Å². The first-order chi connectivity index (χ1) is 15.0.